The largest absolute Gasteiger partial charge is 0.351 e. The SMILES string of the molecule is CN(C)CCNC(=O)c1ccc(CC(C)(C)C)cc1C(=O)C(C)(C)C. The van der Waals surface area contributed by atoms with Crippen LogP contribution in [0.3, 0.4) is 0 Å². The fraction of sp³-hybridized carbons (Fsp3) is 0.619. The highest BCUT2D eigenvalue weighted by Crippen LogP contribution is 2.27. The Morgan fingerprint density at radius 1 is 1.00 bits per heavy atom. The van der Waals surface area contributed by atoms with Crippen molar-refractivity contribution in [2.45, 2.75) is 48.0 Å². The minimum absolute atomic E-state index is 0.000943. The summed E-state index contributed by atoms with van der Waals surface area (Å²) in [6.07, 6.45) is 0.861. The lowest BCUT2D eigenvalue weighted by molar-refractivity contribution is 0.0846. The van der Waals surface area contributed by atoms with Crippen LogP contribution in [-0.4, -0.2) is 43.8 Å². The highest BCUT2D eigenvalue weighted by molar-refractivity contribution is 6.10. The van der Waals surface area contributed by atoms with Gasteiger partial charge in [-0.1, -0.05) is 47.6 Å². The first-order chi connectivity index (χ1) is 11.3. The summed E-state index contributed by atoms with van der Waals surface area (Å²) in [5.41, 5.74) is 1.68. The van der Waals surface area contributed by atoms with Gasteiger partial charge in [-0.3, -0.25) is 9.59 Å². The number of carbonyl (C=O) groups excluding carboxylic acids is 2. The molecule has 0 bridgehead atoms. The summed E-state index contributed by atoms with van der Waals surface area (Å²) in [5, 5.41) is 2.91. The Kier molecular flexibility index (Phi) is 6.95. The molecular formula is C21H34N2O2. The molecule has 0 fully saturated rings. The van der Waals surface area contributed by atoms with E-state index in [9.17, 15) is 9.59 Å². The number of nitrogens with one attached hydrogen (secondary N) is 1. The number of rotatable bonds is 6. The first kappa shape index (κ1) is 21.4. The fourth-order valence-corrected chi connectivity index (χ4v) is 2.59. The molecule has 1 aromatic rings. The third-order valence-electron chi connectivity index (χ3n) is 3.83. The summed E-state index contributed by atoms with van der Waals surface area (Å²) in [4.78, 5) is 27.5. The summed E-state index contributed by atoms with van der Waals surface area (Å²) in [6.45, 7) is 13.5. The van der Waals surface area contributed by atoms with E-state index >= 15 is 0 Å². The zero-order chi connectivity index (χ0) is 19.4. The lowest BCUT2D eigenvalue weighted by atomic mass is 9.82. The van der Waals surface area contributed by atoms with Gasteiger partial charge in [0.25, 0.3) is 5.91 Å². The van der Waals surface area contributed by atoms with Crippen molar-refractivity contribution in [3.8, 4) is 0 Å². The first-order valence-corrected chi connectivity index (χ1v) is 8.92. The van der Waals surface area contributed by atoms with Crippen LogP contribution in [0.4, 0.5) is 0 Å². The van der Waals surface area contributed by atoms with Crippen LogP contribution in [0.5, 0.6) is 0 Å². The summed E-state index contributed by atoms with van der Waals surface area (Å²) in [5.74, 6) is -0.183. The standard InChI is InChI=1S/C21H34N2O2/c1-20(2,3)14-15-9-10-16(19(25)22-11-12-23(7)8)17(13-15)18(24)21(4,5)6/h9-10,13H,11-12,14H2,1-8H3,(H,22,25). The van der Waals surface area contributed by atoms with Crippen molar-refractivity contribution >= 4 is 11.7 Å². The minimum Gasteiger partial charge on any atom is -0.351 e. The Morgan fingerprint density at radius 3 is 2.08 bits per heavy atom. The van der Waals surface area contributed by atoms with Crippen molar-refractivity contribution in [3.05, 3.63) is 34.9 Å². The highest BCUT2D eigenvalue weighted by atomic mass is 16.2. The molecule has 140 valence electrons. The molecule has 0 aliphatic heterocycles. The maximum absolute atomic E-state index is 12.9. The van der Waals surface area contributed by atoms with Crippen LogP contribution in [0, 0.1) is 10.8 Å². The molecule has 1 amide bonds. The van der Waals surface area contributed by atoms with Gasteiger partial charge in [-0.25, -0.2) is 0 Å². The predicted octanol–water partition coefficient (Wildman–Crippen LogP) is 3.80. The molecule has 0 aliphatic rings. The van der Waals surface area contributed by atoms with Crippen LogP contribution < -0.4 is 5.32 Å². The number of hydrogen-bond acceptors (Lipinski definition) is 3. The lowest BCUT2D eigenvalue weighted by Crippen LogP contribution is -2.33. The normalized spacial score (nSPS) is 12.4. The molecule has 1 aromatic carbocycles. The summed E-state index contributed by atoms with van der Waals surface area (Å²) < 4.78 is 0. The summed E-state index contributed by atoms with van der Waals surface area (Å²) in [7, 11) is 3.92. The minimum atomic E-state index is -0.529. The number of benzene rings is 1. The molecule has 0 atom stereocenters. The van der Waals surface area contributed by atoms with Crippen molar-refractivity contribution in [1.29, 1.82) is 0 Å². The van der Waals surface area contributed by atoms with E-state index in [4.69, 9.17) is 0 Å². The van der Waals surface area contributed by atoms with E-state index in [1.807, 2.05) is 51.9 Å². The van der Waals surface area contributed by atoms with Crippen molar-refractivity contribution in [3.63, 3.8) is 0 Å². The quantitative estimate of drug-likeness (QED) is 0.797. The Balaban J connectivity index is 3.18. The molecule has 0 radical (unpaired) electrons. The average Bonchev–Trinajstić information content (AvgIpc) is 2.43. The van der Waals surface area contributed by atoms with Crippen LogP contribution in [0.1, 0.15) is 67.8 Å². The van der Waals surface area contributed by atoms with Gasteiger partial charge in [-0.15, -0.1) is 0 Å². The molecule has 4 heteroatoms. The van der Waals surface area contributed by atoms with E-state index in [-0.39, 0.29) is 17.1 Å². The van der Waals surface area contributed by atoms with Crippen molar-refractivity contribution < 1.29 is 9.59 Å². The van der Waals surface area contributed by atoms with Crippen molar-refractivity contribution in [1.82, 2.24) is 10.2 Å². The maximum Gasteiger partial charge on any atom is 0.252 e. The zero-order valence-electron chi connectivity index (χ0n) is 17.1. The van der Waals surface area contributed by atoms with Gasteiger partial charge in [0, 0.05) is 24.1 Å². The second kappa shape index (κ2) is 8.13. The highest BCUT2D eigenvalue weighted by Gasteiger charge is 2.27. The van der Waals surface area contributed by atoms with Gasteiger partial charge in [0.05, 0.1) is 5.56 Å². The van der Waals surface area contributed by atoms with Crippen molar-refractivity contribution in [2.75, 3.05) is 27.2 Å². The lowest BCUT2D eigenvalue weighted by Gasteiger charge is -2.22. The van der Waals surface area contributed by atoms with Crippen LogP contribution >= 0.6 is 0 Å². The Morgan fingerprint density at radius 2 is 1.60 bits per heavy atom. The molecule has 0 unspecified atom stereocenters. The van der Waals surface area contributed by atoms with E-state index in [0.29, 0.717) is 17.7 Å². The van der Waals surface area contributed by atoms with Crippen LogP contribution in [-0.2, 0) is 6.42 Å². The molecule has 0 saturated carbocycles. The Labute approximate surface area is 153 Å². The van der Waals surface area contributed by atoms with Gasteiger partial charge in [0.2, 0.25) is 0 Å². The number of ketones is 1. The maximum atomic E-state index is 12.9. The second-order valence-corrected chi connectivity index (χ2v) is 9.26. The van der Waals surface area contributed by atoms with E-state index in [2.05, 4.69) is 26.1 Å². The topological polar surface area (TPSA) is 49.4 Å². The van der Waals surface area contributed by atoms with Crippen LogP contribution in [0.25, 0.3) is 0 Å². The number of nitrogens with zero attached hydrogens (tertiary/aromatic N) is 1. The van der Waals surface area contributed by atoms with Gasteiger partial charge >= 0.3 is 0 Å². The summed E-state index contributed by atoms with van der Waals surface area (Å²) >= 11 is 0. The monoisotopic (exact) mass is 346 g/mol. The van der Waals surface area contributed by atoms with Gasteiger partial charge < -0.3 is 10.2 Å². The first-order valence-electron chi connectivity index (χ1n) is 8.92. The van der Waals surface area contributed by atoms with Gasteiger partial charge in [-0.2, -0.15) is 0 Å². The van der Waals surface area contributed by atoms with Crippen LogP contribution in [0.2, 0.25) is 0 Å². The van der Waals surface area contributed by atoms with E-state index in [1.54, 1.807) is 6.07 Å². The predicted molar refractivity (Wildman–Crippen MR) is 104 cm³/mol. The Hall–Kier alpha value is -1.68. The van der Waals surface area contributed by atoms with Crippen molar-refractivity contribution in [2.24, 2.45) is 10.8 Å². The number of amides is 1. The summed E-state index contributed by atoms with van der Waals surface area (Å²) in [6, 6.07) is 5.66. The average molecular weight is 347 g/mol. The molecule has 25 heavy (non-hydrogen) atoms. The number of carbonyl (C=O) groups is 2. The van der Waals surface area contributed by atoms with Gasteiger partial charge in [0.1, 0.15) is 0 Å². The van der Waals surface area contributed by atoms with E-state index < -0.39 is 5.41 Å². The molecule has 0 saturated heterocycles. The van der Waals surface area contributed by atoms with Gasteiger partial charge in [0.15, 0.2) is 5.78 Å². The fourth-order valence-electron chi connectivity index (χ4n) is 2.59. The number of likely N-dealkylation sites (N-methyl/N-ethyl adjacent to an activating group) is 1. The molecule has 4 nitrogen and oxygen atoms in total. The molecule has 1 rings (SSSR count). The van der Waals surface area contributed by atoms with E-state index in [0.717, 1.165) is 18.5 Å². The number of hydrogen-bond donors (Lipinski definition) is 1. The molecule has 1 N–H and O–H groups in total. The Bertz CT molecular complexity index is 620. The van der Waals surface area contributed by atoms with Gasteiger partial charge in [-0.05, 0) is 43.6 Å². The number of Topliss-reactive ketones (excluding diaryl/α,β-unsaturated/α-hetero) is 1. The van der Waals surface area contributed by atoms with E-state index in [1.165, 1.54) is 0 Å². The molecule has 0 heterocycles. The van der Waals surface area contributed by atoms with Crippen LogP contribution in [0.15, 0.2) is 18.2 Å². The molecule has 0 spiro atoms. The zero-order valence-corrected chi connectivity index (χ0v) is 17.1. The molecule has 0 aromatic heterocycles. The third-order valence-corrected chi connectivity index (χ3v) is 3.83. The molecule has 0 aliphatic carbocycles. The third kappa shape index (κ3) is 6.99. The molecular weight excluding hydrogens is 312 g/mol. The second-order valence-electron chi connectivity index (χ2n) is 9.26. The smallest absolute Gasteiger partial charge is 0.252 e.